The number of ether oxygens (including phenoxy) is 1. The van der Waals surface area contributed by atoms with Gasteiger partial charge in [-0.1, -0.05) is 31.9 Å². The third kappa shape index (κ3) is 3.85. The van der Waals surface area contributed by atoms with Crippen LogP contribution in [-0.4, -0.2) is 31.0 Å². The van der Waals surface area contributed by atoms with Crippen LogP contribution >= 0.6 is 0 Å². The molecule has 1 amide bonds. The van der Waals surface area contributed by atoms with Crippen LogP contribution in [0.2, 0.25) is 0 Å². The Labute approximate surface area is 96.7 Å². The molecule has 92 valence electrons. The highest BCUT2D eigenvalue weighted by molar-refractivity contribution is 5.67. The summed E-state index contributed by atoms with van der Waals surface area (Å²) in [5.74, 6) is 0. The average molecular weight is 227 g/mol. The van der Waals surface area contributed by atoms with Crippen LogP contribution in [-0.2, 0) is 4.74 Å². The lowest BCUT2D eigenvalue weighted by Crippen LogP contribution is -2.41. The molecule has 0 bridgehead atoms. The van der Waals surface area contributed by atoms with E-state index in [9.17, 15) is 9.90 Å². The number of alkyl carbamates (subject to hydrolysis) is 1. The fraction of sp³-hybridized carbons (Fsp3) is 0.750. The first-order valence-corrected chi connectivity index (χ1v) is 5.85. The maximum atomic E-state index is 11.2. The Balaban J connectivity index is 2.32. The molecular weight excluding hydrogens is 206 g/mol. The first kappa shape index (κ1) is 13.0. The van der Waals surface area contributed by atoms with Crippen molar-refractivity contribution >= 4 is 6.09 Å². The minimum atomic E-state index is -0.432. The zero-order valence-electron chi connectivity index (χ0n) is 9.71. The molecule has 2 N–H and O–H groups in total. The fourth-order valence-corrected chi connectivity index (χ4v) is 2.14. The molecule has 0 aromatic carbocycles. The summed E-state index contributed by atoms with van der Waals surface area (Å²) in [6.07, 6.45) is 6.54. The Hall–Kier alpha value is -1.03. The number of amides is 1. The Morgan fingerprint density at radius 2 is 2.12 bits per heavy atom. The van der Waals surface area contributed by atoms with Crippen molar-refractivity contribution in [2.24, 2.45) is 5.41 Å². The summed E-state index contributed by atoms with van der Waals surface area (Å²) in [7, 11) is 0. The van der Waals surface area contributed by atoms with Crippen molar-refractivity contribution in [1.82, 2.24) is 5.32 Å². The Bertz CT molecular complexity index is 234. The van der Waals surface area contributed by atoms with E-state index in [1.54, 1.807) is 0 Å². The topological polar surface area (TPSA) is 58.6 Å². The molecule has 0 aromatic rings. The lowest BCUT2D eigenvalue weighted by Gasteiger charge is -2.35. The number of nitrogens with one attached hydrogen (secondary N) is 1. The minimum Gasteiger partial charge on any atom is -0.445 e. The molecule has 1 aliphatic carbocycles. The summed E-state index contributed by atoms with van der Waals surface area (Å²) in [5.41, 5.74) is -0.133. The van der Waals surface area contributed by atoms with Gasteiger partial charge in [0.2, 0.25) is 0 Å². The van der Waals surface area contributed by atoms with E-state index in [1.807, 2.05) is 0 Å². The third-order valence-corrected chi connectivity index (χ3v) is 3.19. The second-order valence-corrected chi connectivity index (χ2v) is 4.46. The second-order valence-electron chi connectivity index (χ2n) is 4.46. The number of aliphatic hydroxyl groups is 1. The van der Waals surface area contributed by atoms with Crippen LogP contribution in [0.25, 0.3) is 0 Å². The lowest BCUT2D eigenvalue weighted by atomic mass is 9.74. The molecule has 1 rings (SSSR count). The van der Waals surface area contributed by atoms with Gasteiger partial charge >= 0.3 is 6.09 Å². The first-order chi connectivity index (χ1) is 7.72. The van der Waals surface area contributed by atoms with Crippen molar-refractivity contribution in [2.75, 3.05) is 19.8 Å². The summed E-state index contributed by atoms with van der Waals surface area (Å²) in [4.78, 5) is 11.2. The molecule has 1 saturated carbocycles. The van der Waals surface area contributed by atoms with Gasteiger partial charge in [0.25, 0.3) is 0 Å². The average Bonchev–Trinajstić information content (AvgIpc) is 2.35. The smallest absolute Gasteiger partial charge is 0.407 e. The summed E-state index contributed by atoms with van der Waals surface area (Å²) in [5, 5.41) is 12.1. The second kappa shape index (κ2) is 6.53. The van der Waals surface area contributed by atoms with Crippen LogP contribution in [0, 0.1) is 5.41 Å². The van der Waals surface area contributed by atoms with Crippen molar-refractivity contribution in [2.45, 2.75) is 32.1 Å². The quantitative estimate of drug-likeness (QED) is 0.705. The molecule has 0 heterocycles. The predicted molar refractivity (Wildman–Crippen MR) is 62.2 cm³/mol. The number of carbonyl (C=O) groups is 1. The fourth-order valence-electron chi connectivity index (χ4n) is 2.14. The molecule has 1 fully saturated rings. The first-order valence-electron chi connectivity index (χ1n) is 5.85. The minimum absolute atomic E-state index is 0.133. The third-order valence-electron chi connectivity index (χ3n) is 3.19. The van der Waals surface area contributed by atoms with Gasteiger partial charge in [-0.15, -0.1) is 0 Å². The molecule has 4 heteroatoms. The van der Waals surface area contributed by atoms with Crippen molar-refractivity contribution in [1.29, 1.82) is 0 Å². The standard InChI is InChI=1S/C12H21NO3/c1-2-8-16-11(15)13-9-12(10-14)6-4-3-5-7-12/h2,14H,1,3-10H2,(H,13,15). The molecule has 0 spiro atoms. The van der Waals surface area contributed by atoms with Gasteiger partial charge in [-0.2, -0.15) is 0 Å². The molecular formula is C12H21NO3. The highest BCUT2D eigenvalue weighted by Crippen LogP contribution is 2.35. The Kier molecular flexibility index (Phi) is 5.32. The van der Waals surface area contributed by atoms with E-state index in [2.05, 4.69) is 11.9 Å². The van der Waals surface area contributed by atoms with Gasteiger partial charge in [-0.3, -0.25) is 0 Å². The molecule has 4 nitrogen and oxygen atoms in total. The SMILES string of the molecule is C=CCOC(=O)NCC1(CO)CCCCC1. The molecule has 0 unspecified atom stereocenters. The van der Waals surface area contributed by atoms with E-state index in [4.69, 9.17) is 4.74 Å². The zero-order chi connectivity index (χ0) is 11.9. The Morgan fingerprint density at radius 1 is 1.44 bits per heavy atom. The van der Waals surface area contributed by atoms with E-state index < -0.39 is 6.09 Å². The van der Waals surface area contributed by atoms with Gasteiger partial charge in [0.1, 0.15) is 6.61 Å². The summed E-state index contributed by atoms with van der Waals surface area (Å²) in [6, 6.07) is 0. The predicted octanol–water partition coefficient (Wildman–Crippen LogP) is 1.84. The number of carbonyl (C=O) groups excluding carboxylic acids is 1. The van der Waals surface area contributed by atoms with Gasteiger partial charge in [0.15, 0.2) is 0 Å². The monoisotopic (exact) mass is 227 g/mol. The maximum absolute atomic E-state index is 11.2. The van der Waals surface area contributed by atoms with Crippen LogP contribution in [0.1, 0.15) is 32.1 Å². The van der Waals surface area contributed by atoms with Crippen molar-refractivity contribution in [3.63, 3.8) is 0 Å². The number of aliphatic hydroxyl groups excluding tert-OH is 1. The molecule has 16 heavy (non-hydrogen) atoms. The van der Waals surface area contributed by atoms with Gasteiger partial charge in [-0.05, 0) is 12.8 Å². The molecule has 1 aliphatic rings. The molecule has 0 aromatic heterocycles. The molecule has 0 atom stereocenters. The zero-order valence-corrected chi connectivity index (χ0v) is 9.71. The van der Waals surface area contributed by atoms with Gasteiger partial charge in [-0.25, -0.2) is 4.79 Å². The van der Waals surface area contributed by atoms with Crippen LogP contribution in [0.5, 0.6) is 0 Å². The van der Waals surface area contributed by atoms with Crippen LogP contribution in [0.3, 0.4) is 0 Å². The normalized spacial score (nSPS) is 18.8. The molecule has 0 aliphatic heterocycles. The Morgan fingerprint density at radius 3 is 2.69 bits per heavy atom. The van der Waals surface area contributed by atoms with E-state index in [-0.39, 0.29) is 18.6 Å². The van der Waals surface area contributed by atoms with E-state index in [1.165, 1.54) is 12.5 Å². The van der Waals surface area contributed by atoms with Crippen LogP contribution in [0.4, 0.5) is 4.79 Å². The summed E-state index contributed by atoms with van der Waals surface area (Å²) in [6.45, 7) is 4.32. The number of hydrogen-bond donors (Lipinski definition) is 2. The number of rotatable bonds is 5. The number of hydrogen-bond acceptors (Lipinski definition) is 3. The largest absolute Gasteiger partial charge is 0.445 e. The highest BCUT2D eigenvalue weighted by Gasteiger charge is 2.31. The van der Waals surface area contributed by atoms with Crippen molar-refractivity contribution in [3.8, 4) is 0 Å². The van der Waals surface area contributed by atoms with E-state index >= 15 is 0 Å². The maximum Gasteiger partial charge on any atom is 0.407 e. The van der Waals surface area contributed by atoms with Gasteiger partial charge < -0.3 is 15.2 Å². The lowest BCUT2D eigenvalue weighted by molar-refractivity contribution is 0.0777. The molecule has 0 radical (unpaired) electrons. The summed E-state index contributed by atoms with van der Waals surface area (Å²) < 4.78 is 4.82. The van der Waals surface area contributed by atoms with Crippen molar-refractivity contribution < 1.29 is 14.6 Å². The van der Waals surface area contributed by atoms with E-state index in [0.29, 0.717) is 6.54 Å². The van der Waals surface area contributed by atoms with Gasteiger partial charge in [0.05, 0.1) is 6.61 Å². The van der Waals surface area contributed by atoms with Crippen LogP contribution in [0.15, 0.2) is 12.7 Å². The highest BCUT2D eigenvalue weighted by atomic mass is 16.5. The molecule has 0 saturated heterocycles. The van der Waals surface area contributed by atoms with Crippen molar-refractivity contribution in [3.05, 3.63) is 12.7 Å². The summed E-state index contributed by atoms with van der Waals surface area (Å²) >= 11 is 0. The van der Waals surface area contributed by atoms with Gasteiger partial charge in [0, 0.05) is 12.0 Å². The van der Waals surface area contributed by atoms with E-state index in [0.717, 1.165) is 25.7 Å². The van der Waals surface area contributed by atoms with Crippen LogP contribution < -0.4 is 5.32 Å².